The Bertz CT molecular complexity index is 1120. The monoisotopic (exact) mass is 450 g/mol. The van der Waals surface area contributed by atoms with E-state index >= 15 is 0 Å². The maximum Gasteiger partial charge on any atom is 0.326 e. The highest BCUT2D eigenvalue weighted by molar-refractivity contribution is 6.31. The maximum absolute atomic E-state index is 13.4. The molecule has 32 heavy (non-hydrogen) atoms. The van der Waals surface area contributed by atoms with Crippen LogP contribution in [0, 0.1) is 0 Å². The summed E-state index contributed by atoms with van der Waals surface area (Å²) in [5.41, 5.74) is 2.99. The number of aromatic nitrogens is 1. The minimum atomic E-state index is -1.01. The quantitative estimate of drug-likeness (QED) is 0.556. The molecule has 3 aromatic rings. The average Bonchev–Trinajstić information content (AvgIpc) is 3.25. The highest BCUT2D eigenvalue weighted by atomic mass is 35.5. The Hall–Kier alpha value is -3.38. The molecule has 1 aliphatic heterocycles. The smallest absolute Gasteiger partial charge is 0.326 e. The van der Waals surface area contributed by atoms with E-state index in [4.69, 9.17) is 16.3 Å². The van der Waals surface area contributed by atoms with Gasteiger partial charge in [0, 0.05) is 28.4 Å². The molecule has 0 aliphatic carbocycles. The van der Waals surface area contributed by atoms with Crippen LogP contribution in [0.3, 0.4) is 0 Å². The molecule has 2 heterocycles. The van der Waals surface area contributed by atoms with E-state index in [0.717, 1.165) is 16.7 Å². The summed E-state index contributed by atoms with van der Waals surface area (Å²) in [5.74, 6) is -0.774. The number of carbonyl (C=O) groups is 2. The van der Waals surface area contributed by atoms with Gasteiger partial charge in [-0.1, -0.05) is 41.9 Å². The predicted molar refractivity (Wildman–Crippen MR) is 122 cm³/mol. The van der Waals surface area contributed by atoms with Crippen LogP contribution >= 0.6 is 11.6 Å². The fraction of sp³-hybridized carbons (Fsp3) is 0.240. The van der Waals surface area contributed by atoms with Gasteiger partial charge in [0.2, 0.25) is 5.88 Å². The van der Waals surface area contributed by atoms with Crippen molar-refractivity contribution in [1.29, 1.82) is 0 Å². The van der Waals surface area contributed by atoms with Crippen LogP contribution in [0.25, 0.3) is 11.1 Å². The molecule has 2 aromatic carbocycles. The van der Waals surface area contributed by atoms with Crippen LogP contribution in [0.15, 0.2) is 66.9 Å². The number of benzene rings is 2. The maximum atomic E-state index is 13.4. The van der Waals surface area contributed by atoms with Gasteiger partial charge in [0.25, 0.3) is 5.91 Å². The van der Waals surface area contributed by atoms with Crippen molar-refractivity contribution in [3.63, 3.8) is 0 Å². The molecular weight excluding hydrogens is 428 g/mol. The topological polar surface area (TPSA) is 79.7 Å². The second-order valence-corrected chi connectivity index (χ2v) is 7.98. The van der Waals surface area contributed by atoms with Crippen molar-refractivity contribution in [2.45, 2.75) is 31.8 Å². The van der Waals surface area contributed by atoms with Crippen LogP contribution in [0.4, 0.5) is 0 Å². The Morgan fingerprint density at radius 3 is 2.41 bits per heavy atom. The number of carbonyl (C=O) groups excluding carboxylic acids is 1. The minimum absolute atomic E-state index is 0.323. The first-order chi connectivity index (χ1) is 15.5. The molecule has 1 saturated heterocycles. The van der Waals surface area contributed by atoms with E-state index in [1.165, 1.54) is 4.90 Å². The normalized spacial score (nSPS) is 17.9. The number of hydrogen-bond donors (Lipinski definition) is 1. The van der Waals surface area contributed by atoms with Crippen molar-refractivity contribution < 1.29 is 19.4 Å². The number of halogens is 1. The van der Waals surface area contributed by atoms with E-state index < -0.39 is 12.0 Å². The molecule has 1 aromatic heterocycles. The van der Waals surface area contributed by atoms with E-state index in [-0.39, 0.29) is 11.9 Å². The van der Waals surface area contributed by atoms with E-state index in [2.05, 4.69) is 4.98 Å². The lowest BCUT2D eigenvalue weighted by Gasteiger charge is -2.29. The number of carboxylic acid groups (broad SMARTS) is 1. The lowest BCUT2D eigenvalue weighted by Crippen LogP contribution is -2.41. The van der Waals surface area contributed by atoms with E-state index in [1.807, 2.05) is 43.3 Å². The Kier molecular flexibility index (Phi) is 6.42. The number of likely N-dealkylation sites (tertiary alicyclic amines) is 1. The highest BCUT2D eigenvalue weighted by Crippen LogP contribution is 2.40. The molecule has 164 valence electrons. The molecule has 7 heteroatoms. The van der Waals surface area contributed by atoms with Crippen LogP contribution in [0.5, 0.6) is 5.88 Å². The summed E-state index contributed by atoms with van der Waals surface area (Å²) in [6, 6.07) is 16.8. The first kappa shape index (κ1) is 21.8. The predicted octanol–water partition coefficient (Wildman–Crippen LogP) is 5.23. The van der Waals surface area contributed by atoms with E-state index in [0.29, 0.717) is 35.9 Å². The third-order valence-electron chi connectivity index (χ3n) is 5.66. The Balaban J connectivity index is 1.61. The number of pyridine rings is 1. The zero-order valence-corrected chi connectivity index (χ0v) is 18.3. The zero-order chi connectivity index (χ0) is 22.7. The fourth-order valence-electron chi connectivity index (χ4n) is 4.13. The van der Waals surface area contributed by atoms with Crippen molar-refractivity contribution >= 4 is 23.5 Å². The first-order valence-corrected chi connectivity index (χ1v) is 10.9. The summed E-state index contributed by atoms with van der Waals surface area (Å²) in [5, 5.41) is 10.3. The van der Waals surface area contributed by atoms with Crippen LogP contribution in [0.1, 0.15) is 41.7 Å². The SMILES string of the molecule is CCOc1ccc(-c2ccc(C(=O)N3[C@@H](c4ccccc4Cl)CC[C@H]3C(=O)O)cc2)cn1. The Morgan fingerprint density at radius 1 is 1.06 bits per heavy atom. The summed E-state index contributed by atoms with van der Waals surface area (Å²) < 4.78 is 5.37. The first-order valence-electron chi connectivity index (χ1n) is 10.5. The minimum Gasteiger partial charge on any atom is -0.480 e. The second-order valence-electron chi connectivity index (χ2n) is 7.58. The third-order valence-corrected chi connectivity index (χ3v) is 6.01. The molecule has 6 nitrogen and oxygen atoms in total. The summed E-state index contributed by atoms with van der Waals surface area (Å²) in [7, 11) is 0. The molecule has 4 rings (SSSR count). The molecule has 0 bridgehead atoms. The van der Waals surface area contributed by atoms with Gasteiger partial charge in [0.15, 0.2) is 0 Å². The van der Waals surface area contributed by atoms with Crippen molar-refractivity contribution in [2.75, 3.05) is 6.61 Å². The molecule has 0 saturated carbocycles. The van der Waals surface area contributed by atoms with Crippen molar-refractivity contribution in [3.8, 4) is 17.0 Å². The lowest BCUT2D eigenvalue weighted by molar-refractivity contribution is -0.141. The van der Waals surface area contributed by atoms with Crippen molar-refractivity contribution in [3.05, 3.63) is 83.0 Å². The molecule has 0 radical (unpaired) electrons. The molecule has 1 fully saturated rings. The molecule has 0 spiro atoms. The number of hydrogen-bond acceptors (Lipinski definition) is 4. The van der Waals surface area contributed by atoms with E-state index in [1.54, 1.807) is 30.5 Å². The van der Waals surface area contributed by atoms with Gasteiger partial charge in [-0.05, 0) is 55.2 Å². The average molecular weight is 451 g/mol. The third kappa shape index (κ3) is 4.32. The number of amides is 1. The fourth-order valence-corrected chi connectivity index (χ4v) is 4.39. The van der Waals surface area contributed by atoms with Gasteiger partial charge in [-0.3, -0.25) is 4.79 Å². The molecule has 2 atom stereocenters. The van der Waals surface area contributed by atoms with Gasteiger partial charge in [0.05, 0.1) is 12.6 Å². The largest absolute Gasteiger partial charge is 0.480 e. The summed E-state index contributed by atoms with van der Waals surface area (Å²) in [4.78, 5) is 31.0. The Morgan fingerprint density at radius 2 is 1.78 bits per heavy atom. The molecule has 0 unspecified atom stereocenters. The van der Waals surface area contributed by atoms with Gasteiger partial charge < -0.3 is 14.7 Å². The van der Waals surface area contributed by atoms with Crippen LogP contribution < -0.4 is 4.74 Å². The molecule has 1 aliphatic rings. The number of ether oxygens (including phenoxy) is 1. The highest BCUT2D eigenvalue weighted by Gasteiger charge is 2.42. The number of nitrogens with zero attached hydrogens (tertiary/aromatic N) is 2. The number of rotatable bonds is 6. The van der Waals surface area contributed by atoms with Gasteiger partial charge >= 0.3 is 5.97 Å². The van der Waals surface area contributed by atoms with Crippen molar-refractivity contribution in [2.24, 2.45) is 0 Å². The van der Waals surface area contributed by atoms with Gasteiger partial charge in [-0.25, -0.2) is 9.78 Å². The zero-order valence-electron chi connectivity index (χ0n) is 17.6. The summed E-state index contributed by atoms with van der Waals surface area (Å²) in [6.45, 7) is 2.45. The van der Waals surface area contributed by atoms with Crippen molar-refractivity contribution in [1.82, 2.24) is 9.88 Å². The van der Waals surface area contributed by atoms with Crippen LogP contribution in [-0.2, 0) is 4.79 Å². The van der Waals surface area contributed by atoms with E-state index in [9.17, 15) is 14.7 Å². The Labute approximate surface area is 191 Å². The summed E-state index contributed by atoms with van der Waals surface area (Å²) in [6.07, 6.45) is 2.64. The lowest BCUT2D eigenvalue weighted by atomic mass is 10.0. The standard InChI is InChI=1S/C25H23ClN2O4/c1-2-32-23-14-11-18(15-27-23)16-7-9-17(10-8-16)24(29)28-21(12-13-22(28)25(30)31)19-5-3-4-6-20(19)26/h3-11,14-15,21-22H,2,12-13H2,1H3,(H,30,31)/t21-,22+/m1/s1. The molecule has 1 N–H and O–H groups in total. The van der Waals surface area contributed by atoms with Crippen LogP contribution in [-0.4, -0.2) is 39.5 Å². The van der Waals surface area contributed by atoms with Gasteiger partial charge in [-0.15, -0.1) is 0 Å². The number of carboxylic acids is 1. The number of aliphatic carboxylic acids is 1. The summed E-state index contributed by atoms with van der Waals surface area (Å²) >= 11 is 6.37. The molecule has 1 amide bonds. The van der Waals surface area contributed by atoms with Gasteiger partial charge in [-0.2, -0.15) is 0 Å². The van der Waals surface area contributed by atoms with Crippen LogP contribution in [0.2, 0.25) is 5.02 Å². The molecular formula is C25H23ClN2O4. The van der Waals surface area contributed by atoms with Gasteiger partial charge in [0.1, 0.15) is 6.04 Å². The second kappa shape index (κ2) is 9.40.